The minimum atomic E-state index is 0.728. The van der Waals surface area contributed by atoms with Crippen molar-refractivity contribution >= 4 is 11.3 Å². The third-order valence-corrected chi connectivity index (χ3v) is 3.54. The second-order valence-electron chi connectivity index (χ2n) is 4.01. The van der Waals surface area contributed by atoms with Crippen LogP contribution in [0.2, 0.25) is 0 Å². The molecule has 0 radical (unpaired) electrons. The van der Waals surface area contributed by atoms with Crippen LogP contribution in [-0.2, 0) is 17.8 Å². The Morgan fingerprint density at radius 1 is 1.50 bits per heavy atom. The van der Waals surface area contributed by atoms with Gasteiger partial charge in [-0.05, 0) is 6.92 Å². The number of hydrogen-bond donors (Lipinski definition) is 1. The Kier molecular flexibility index (Phi) is 4.86. The first-order valence-electron chi connectivity index (χ1n) is 5.90. The molecule has 5 nitrogen and oxygen atoms in total. The van der Waals surface area contributed by atoms with Gasteiger partial charge in [-0.1, -0.05) is 0 Å². The molecule has 1 N–H and O–H groups in total. The molecule has 0 saturated carbocycles. The molecule has 0 atom stereocenters. The van der Waals surface area contributed by atoms with Gasteiger partial charge in [0.25, 0.3) is 0 Å². The lowest BCUT2D eigenvalue weighted by Crippen LogP contribution is -2.18. The molecule has 0 saturated heterocycles. The zero-order valence-electron chi connectivity index (χ0n) is 10.7. The van der Waals surface area contributed by atoms with Gasteiger partial charge in [0, 0.05) is 43.0 Å². The van der Waals surface area contributed by atoms with E-state index in [4.69, 9.17) is 4.74 Å². The van der Waals surface area contributed by atoms with Crippen LogP contribution in [0.4, 0.5) is 0 Å². The largest absolute Gasteiger partial charge is 0.383 e. The maximum atomic E-state index is 5.00. The average Bonchev–Trinajstić information content (AvgIpc) is 2.99. The highest BCUT2D eigenvalue weighted by molar-refractivity contribution is 7.09. The zero-order valence-corrected chi connectivity index (χ0v) is 11.5. The summed E-state index contributed by atoms with van der Waals surface area (Å²) >= 11 is 1.66. The van der Waals surface area contributed by atoms with Crippen LogP contribution in [-0.4, -0.2) is 35.0 Å². The molecule has 0 amide bonds. The van der Waals surface area contributed by atoms with Crippen LogP contribution < -0.4 is 5.32 Å². The molecule has 6 heteroatoms. The first-order valence-corrected chi connectivity index (χ1v) is 6.78. The van der Waals surface area contributed by atoms with Gasteiger partial charge in [-0.2, -0.15) is 5.10 Å². The van der Waals surface area contributed by atoms with Crippen LogP contribution in [0.3, 0.4) is 0 Å². The van der Waals surface area contributed by atoms with E-state index in [0.717, 1.165) is 31.2 Å². The molecular weight excluding hydrogens is 248 g/mol. The lowest BCUT2D eigenvalue weighted by Gasteiger charge is -2.05. The molecule has 0 unspecified atom stereocenters. The first-order chi connectivity index (χ1) is 8.81. The molecule has 18 heavy (non-hydrogen) atoms. The van der Waals surface area contributed by atoms with E-state index in [1.54, 1.807) is 18.4 Å². The van der Waals surface area contributed by atoms with E-state index in [9.17, 15) is 0 Å². The highest BCUT2D eigenvalue weighted by Crippen LogP contribution is 2.11. The summed E-state index contributed by atoms with van der Waals surface area (Å²) in [6.07, 6.45) is 3.74. The Balaban J connectivity index is 1.91. The molecule has 0 fully saturated rings. The highest BCUT2D eigenvalue weighted by atomic mass is 32.1. The molecule has 0 aliphatic heterocycles. The van der Waals surface area contributed by atoms with Gasteiger partial charge in [0.15, 0.2) is 0 Å². The maximum absolute atomic E-state index is 5.00. The second kappa shape index (κ2) is 6.63. The van der Waals surface area contributed by atoms with Gasteiger partial charge in [0.2, 0.25) is 0 Å². The molecule has 98 valence electrons. The Bertz CT molecular complexity index is 466. The van der Waals surface area contributed by atoms with Crippen molar-refractivity contribution in [3.8, 4) is 0 Å². The molecule has 0 aliphatic rings. The summed E-state index contributed by atoms with van der Waals surface area (Å²) in [6, 6.07) is 0. The van der Waals surface area contributed by atoms with Crippen molar-refractivity contribution in [1.29, 1.82) is 0 Å². The van der Waals surface area contributed by atoms with Crippen molar-refractivity contribution in [1.82, 2.24) is 20.1 Å². The first kappa shape index (κ1) is 13.2. The van der Waals surface area contributed by atoms with Gasteiger partial charge in [-0.15, -0.1) is 11.3 Å². The third-order valence-electron chi connectivity index (χ3n) is 2.77. The van der Waals surface area contributed by atoms with E-state index in [1.165, 1.54) is 11.3 Å². The quantitative estimate of drug-likeness (QED) is 0.770. The summed E-state index contributed by atoms with van der Waals surface area (Å²) < 4.78 is 6.99. The van der Waals surface area contributed by atoms with E-state index in [2.05, 4.69) is 22.3 Å². The lowest BCUT2D eigenvalue weighted by molar-refractivity contribution is 0.199. The zero-order chi connectivity index (χ0) is 12.8. The van der Waals surface area contributed by atoms with Gasteiger partial charge in [-0.3, -0.25) is 4.68 Å². The molecule has 0 aromatic carbocycles. The van der Waals surface area contributed by atoms with Crippen LogP contribution in [0.25, 0.3) is 0 Å². The maximum Gasteiger partial charge on any atom is 0.114 e. The number of rotatable bonds is 7. The van der Waals surface area contributed by atoms with Crippen molar-refractivity contribution in [3.05, 3.63) is 34.0 Å². The number of methoxy groups -OCH3 is 1. The molecule has 0 bridgehead atoms. The monoisotopic (exact) mass is 266 g/mol. The fraction of sp³-hybridized carbons (Fsp3) is 0.500. The topological polar surface area (TPSA) is 52.0 Å². The predicted molar refractivity (Wildman–Crippen MR) is 71.8 cm³/mol. The third kappa shape index (κ3) is 3.38. The van der Waals surface area contributed by atoms with E-state index >= 15 is 0 Å². The summed E-state index contributed by atoms with van der Waals surface area (Å²) in [5.41, 5.74) is 2.41. The lowest BCUT2D eigenvalue weighted by atomic mass is 10.2. The normalized spacial score (nSPS) is 11.0. The summed E-state index contributed by atoms with van der Waals surface area (Å²) in [4.78, 5) is 4.27. The van der Waals surface area contributed by atoms with Gasteiger partial charge in [0.05, 0.1) is 19.3 Å². The molecule has 2 heterocycles. The number of nitrogens with one attached hydrogen (secondary N) is 1. The summed E-state index contributed by atoms with van der Waals surface area (Å²) in [7, 11) is 1.71. The summed E-state index contributed by atoms with van der Waals surface area (Å²) in [6.45, 7) is 5.25. The van der Waals surface area contributed by atoms with Crippen LogP contribution in [0.1, 0.15) is 16.3 Å². The molecular formula is C12H18N4OS. The Morgan fingerprint density at radius 3 is 3.11 bits per heavy atom. The van der Waals surface area contributed by atoms with Crippen molar-refractivity contribution in [3.63, 3.8) is 0 Å². The van der Waals surface area contributed by atoms with Gasteiger partial charge >= 0.3 is 0 Å². The van der Waals surface area contributed by atoms with Crippen LogP contribution >= 0.6 is 11.3 Å². The van der Waals surface area contributed by atoms with E-state index in [1.807, 2.05) is 22.5 Å². The van der Waals surface area contributed by atoms with Crippen molar-refractivity contribution in [2.24, 2.45) is 0 Å². The van der Waals surface area contributed by atoms with Crippen molar-refractivity contribution in [2.45, 2.75) is 20.0 Å². The van der Waals surface area contributed by atoms with Gasteiger partial charge in [-0.25, -0.2) is 4.98 Å². The molecule has 0 spiro atoms. The van der Waals surface area contributed by atoms with Crippen LogP contribution in [0.15, 0.2) is 17.8 Å². The minimum Gasteiger partial charge on any atom is -0.383 e. The number of ether oxygens (including phenoxy) is 1. The second-order valence-corrected chi connectivity index (χ2v) is 4.99. The number of nitrogens with zero attached hydrogens (tertiary/aromatic N) is 3. The molecule has 2 aromatic rings. The number of hydrogen-bond acceptors (Lipinski definition) is 5. The van der Waals surface area contributed by atoms with E-state index < -0.39 is 0 Å². The Labute approximate surface area is 111 Å². The smallest absolute Gasteiger partial charge is 0.114 e. The SMILES string of the molecule is COCCNCc1cnn(Cc2nccs2)c1C. The van der Waals surface area contributed by atoms with Gasteiger partial charge < -0.3 is 10.1 Å². The van der Waals surface area contributed by atoms with Crippen molar-refractivity contribution in [2.75, 3.05) is 20.3 Å². The average molecular weight is 266 g/mol. The predicted octanol–water partition coefficient (Wildman–Crippen LogP) is 1.43. The number of thiazole rings is 1. The summed E-state index contributed by atoms with van der Waals surface area (Å²) in [5.74, 6) is 0. The van der Waals surface area contributed by atoms with E-state index in [-0.39, 0.29) is 0 Å². The standard InChI is InChI=1S/C12H18N4OS/c1-10-11(7-13-3-5-17-2)8-15-16(10)9-12-14-4-6-18-12/h4,6,8,13H,3,5,7,9H2,1-2H3. The fourth-order valence-electron chi connectivity index (χ4n) is 1.67. The van der Waals surface area contributed by atoms with Crippen LogP contribution in [0.5, 0.6) is 0 Å². The summed E-state index contributed by atoms with van der Waals surface area (Å²) in [5, 5.41) is 10.8. The van der Waals surface area contributed by atoms with Gasteiger partial charge in [0.1, 0.15) is 5.01 Å². The molecule has 2 rings (SSSR count). The Morgan fingerprint density at radius 2 is 2.39 bits per heavy atom. The van der Waals surface area contributed by atoms with Crippen LogP contribution in [0, 0.1) is 6.92 Å². The van der Waals surface area contributed by atoms with Crippen molar-refractivity contribution < 1.29 is 4.74 Å². The minimum absolute atomic E-state index is 0.728. The number of aromatic nitrogens is 3. The Hall–Kier alpha value is -1.24. The molecule has 2 aromatic heterocycles. The molecule has 0 aliphatic carbocycles. The van der Waals surface area contributed by atoms with E-state index in [0.29, 0.717) is 0 Å². The fourth-order valence-corrected chi connectivity index (χ4v) is 2.27. The highest BCUT2D eigenvalue weighted by Gasteiger charge is 2.07.